The Morgan fingerprint density at radius 3 is 2.31 bits per heavy atom. The van der Waals surface area contributed by atoms with Crippen molar-refractivity contribution < 1.29 is 4.79 Å². The van der Waals surface area contributed by atoms with Crippen LogP contribution in [-0.2, 0) is 14.1 Å². The fourth-order valence-electron chi connectivity index (χ4n) is 4.59. The Balaban J connectivity index is 1.92. The molecular weight excluding hydrogens is 366 g/mol. The molecule has 6 nitrogen and oxygen atoms in total. The van der Waals surface area contributed by atoms with E-state index in [4.69, 9.17) is 4.99 Å². The number of aromatic nitrogens is 2. The molecule has 0 saturated heterocycles. The molecule has 2 atom stereocenters. The lowest BCUT2D eigenvalue weighted by atomic mass is 9.76. The molecule has 144 valence electrons. The van der Waals surface area contributed by atoms with Gasteiger partial charge in [-0.1, -0.05) is 54.1 Å². The van der Waals surface area contributed by atoms with Crippen molar-refractivity contribution in [3.8, 4) is 0 Å². The Hall–Kier alpha value is -3.54. The van der Waals surface area contributed by atoms with Crippen molar-refractivity contribution in [1.82, 2.24) is 9.13 Å². The van der Waals surface area contributed by atoms with E-state index in [0.717, 1.165) is 21.3 Å². The van der Waals surface area contributed by atoms with Crippen molar-refractivity contribution >= 4 is 17.3 Å². The van der Waals surface area contributed by atoms with Crippen molar-refractivity contribution in [2.24, 2.45) is 25.0 Å². The summed E-state index contributed by atoms with van der Waals surface area (Å²) in [6, 6.07) is 15.2. The second kappa shape index (κ2) is 5.98. The van der Waals surface area contributed by atoms with E-state index >= 15 is 0 Å². The standard InChI is InChI=1S/C23H19N3O3/c1-12-7-6-8-13(11-12)16-17-19(14-9-4-5-10-15(14)20(17)27)24-21-18(16)22(28)26(3)23(29)25(21)2/h4-11,16-17H,1-3H3/t16-,17+/m1/s1. The normalized spacial score (nSPS) is 19.4. The molecular formula is C23H19N3O3. The average molecular weight is 385 g/mol. The molecule has 0 saturated carbocycles. The number of Topliss-reactive ketones (excluding diaryl/α,β-unsaturated/α-hetero) is 1. The predicted molar refractivity (Wildman–Crippen MR) is 110 cm³/mol. The highest BCUT2D eigenvalue weighted by Crippen LogP contribution is 2.46. The maximum absolute atomic E-state index is 13.4. The minimum Gasteiger partial charge on any atom is -0.293 e. The zero-order valence-electron chi connectivity index (χ0n) is 16.3. The molecule has 0 spiro atoms. The quantitative estimate of drug-likeness (QED) is 0.646. The van der Waals surface area contributed by atoms with Gasteiger partial charge in [0.1, 0.15) is 5.82 Å². The van der Waals surface area contributed by atoms with Crippen LogP contribution in [0.15, 0.2) is 63.1 Å². The van der Waals surface area contributed by atoms with Crippen LogP contribution in [-0.4, -0.2) is 20.6 Å². The SMILES string of the molecule is Cc1cccc([C@H]2c3c(n(C)c(=O)n(C)c3=O)N=C3c4ccccc4C(=O)[C@H]32)c1. The van der Waals surface area contributed by atoms with Gasteiger partial charge in [0.15, 0.2) is 5.78 Å². The summed E-state index contributed by atoms with van der Waals surface area (Å²) in [7, 11) is 3.07. The van der Waals surface area contributed by atoms with Crippen LogP contribution in [0.4, 0.5) is 5.82 Å². The predicted octanol–water partition coefficient (Wildman–Crippen LogP) is 2.47. The lowest BCUT2D eigenvalue weighted by Crippen LogP contribution is -2.43. The van der Waals surface area contributed by atoms with E-state index in [1.54, 1.807) is 13.1 Å². The molecule has 0 unspecified atom stereocenters. The van der Waals surface area contributed by atoms with Gasteiger partial charge in [0.25, 0.3) is 5.56 Å². The third-order valence-corrected chi connectivity index (χ3v) is 5.98. The number of ketones is 1. The summed E-state index contributed by atoms with van der Waals surface area (Å²) >= 11 is 0. The Labute approximate surface area is 166 Å². The Kier molecular flexibility index (Phi) is 3.62. The van der Waals surface area contributed by atoms with Gasteiger partial charge in [-0.25, -0.2) is 9.79 Å². The fraction of sp³-hybridized carbons (Fsp3) is 0.217. The molecule has 0 radical (unpaired) electrons. The summed E-state index contributed by atoms with van der Waals surface area (Å²) in [5, 5.41) is 0. The van der Waals surface area contributed by atoms with Gasteiger partial charge in [0.2, 0.25) is 0 Å². The molecule has 3 aromatic rings. The monoisotopic (exact) mass is 385 g/mol. The van der Waals surface area contributed by atoms with Gasteiger partial charge in [-0.3, -0.25) is 18.7 Å². The number of hydrogen-bond donors (Lipinski definition) is 0. The molecule has 5 rings (SSSR count). The van der Waals surface area contributed by atoms with Crippen molar-refractivity contribution in [3.05, 3.63) is 97.2 Å². The molecule has 0 bridgehead atoms. The summed E-state index contributed by atoms with van der Waals surface area (Å²) in [4.78, 5) is 43.8. The fourth-order valence-corrected chi connectivity index (χ4v) is 4.59. The van der Waals surface area contributed by atoms with E-state index in [2.05, 4.69) is 0 Å². The number of benzene rings is 2. The van der Waals surface area contributed by atoms with Crippen molar-refractivity contribution in [2.75, 3.05) is 0 Å². The highest BCUT2D eigenvalue weighted by molar-refractivity contribution is 6.30. The number of aliphatic imine (C=N–C) groups is 1. The van der Waals surface area contributed by atoms with Crippen molar-refractivity contribution in [1.29, 1.82) is 0 Å². The van der Waals surface area contributed by atoms with Gasteiger partial charge < -0.3 is 0 Å². The molecule has 1 aromatic heterocycles. The number of hydrogen-bond acceptors (Lipinski definition) is 4. The Morgan fingerprint density at radius 1 is 0.862 bits per heavy atom. The minimum absolute atomic E-state index is 0.0348. The summed E-state index contributed by atoms with van der Waals surface area (Å²) < 4.78 is 2.49. The Bertz CT molecular complexity index is 1360. The van der Waals surface area contributed by atoms with E-state index in [1.807, 2.05) is 49.4 Å². The van der Waals surface area contributed by atoms with Crippen molar-refractivity contribution in [2.45, 2.75) is 12.8 Å². The first-order valence-corrected chi connectivity index (χ1v) is 9.49. The zero-order chi connectivity index (χ0) is 20.4. The number of aryl methyl sites for hydroxylation is 1. The van der Waals surface area contributed by atoms with Gasteiger partial charge in [-0.15, -0.1) is 0 Å². The molecule has 0 amide bonds. The second-order valence-corrected chi connectivity index (χ2v) is 7.72. The summed E-state index contributed by atoms with van der Waals surface area (Å²) in [6.07, 6.45) is 0. The van der Waals surface area contributed by atoms with Crippen LogP contribution < -0.4 is 11.2 Å². The van der Waals surface area contributed by atoms with Crippen LogP contribution in [0.1, 0.15) is 38.5 Å². The highest BCUT2D eigenvalue weighted by Gasteiger charge is 2.47. The first-order chi connectivity index (χ1) is 13.9. The largest absolute Gasteiger partial charge is 0.332 e. The smallest absolute Gasteiger partial charge is 0.293 e. The van der Waals surface area contributed by atoms with E-state index < -0.39 is 23.1 Å². The number of carbonyl (C=O) groups excluding carboxylic acids is 1. The number of nitrogens with zero attached hydrogens (tertiary/aromatic N) is 3. The van der Waals surface area contributed by atoms with Crippen LogP contribution in [0.25, 0.3) is 0 Å². The second-order valence-electron chi connectivity index (χ2n) is 7.72. The maximum Gasteiger partial charge on any atom is 0.332 e. The van der Waals surface area contributed by atoms with E-state index in [-0.39, 0.29) is 5.78 Å². The molecule has 0 N–H and O–H groups in total. The first-order valence-electron chi connectivity index (χ1n) is 9.49. The molecule has 2 aromatic carbocycles. The molecule has 29 heavy (non-hydrogen) atoms. The zero-order valence-corrected chi connectivity index (χ0v) is 16.3. The maximum atomic E-state index is 13.4. The van der Waals surface area contributed by atoms with Crippen LogP contribution in [0.2, 0.25) is 0 Å². The van der Waals surface area contributed by atoms with Gasteiger partial charge in [-0.2, -0.15) is 0 Å². The number of fused-ring (bicyclic) bond motifs is 4. The van der Waals surface area contributed by atoms with Crippen LogP contribution in [0, 0.1) is 12.8 Å². The van der Waals surface area contributed by atoms with Crippen LogP contribution in [0.5, 0.6) is 0 Å². The molecule has 1 aliphatic carbocycles. The van der Waals surface area contributed by atoms with E-state index in [0.29, 0.717) is 22.7 Å². The lowest BCUT2D eigenvalue weighted by molar-refractivity contribution is 0.0953. The molecule has 6 heteroatoms. The van der Waals surface area contributed by atoms with Crippen molar-refractivity contribution in [3.63, 3.8) is 0 Å². The number of rotatable bonds is 1. The first kappa shape index (κ1) is 17.6. The Morgan fingerprint density at radius 2 is 1.59 bits per heavy atom. The van der Waals surface area contributed by atoms with Gasteiger partial charge in [-0.05, 0) is 12.5 Å². The molecule has 2 aliphatic rings. The third-order valence-electron chi connectivity index (χ3n) is 5.98. The average Bonchev–Trinajstić information content (AvgIpc) is 3.01. The third kappa shape index (κ3) is 2.29. The van der Waals surface area contributed by atoms with Crippen LogP contribution in [0.3, 0.4) is 0 Å². The van der Waals surface area contributed by atoms with E-state index in [9.17, 15) is 14.4 Å². The van der Waals surface area contributed by atoms with Crippen LogP contribution >= 0.6 is 0 Å². The van der Waals surface area contributed by atoms with Gasteiger partial charge in [0.05, 0.1) is 17.2 Å². The molecule has 1 aliphatic heterocycles. The van der Waals surface area contributed by atoms with Gasteiger partial charge >= 0.3 is 5.69 Å². The topological polar surface area (TPSA) is 73.4 Å². The summed E-state index contributed by atoms with van der Waals surface area (Å²) in [5.41, 5.74) is 3.50. The van der Waals surface area contributed by atoms with Gasteiger partial charge in [0, 0.05) is 31.1 Å². The summed E-state index contributed by atoms with van der Waals surface area (Å²) in [5.74, 6) is -0.775. The minimum atomic E-state index is -0.577. The molecule has 2 heterocycles. The van der Waals surface area contributed by atoms with E-state index in [1.165, 1.54) is 11.6 Å². The number of carbonyl (C=O) groups is 1. The summed E-state index contributed by atoms with van der Waals surface area (Å²) in [6.45, 7) is 1.98. The molecule has 0 fully saturated rings. The lowest BCUT2D eigenvalue weighted by Gasteiger charge is -2.30. The highest BCUT2D eigenvalue weighted by atomic mass is 16.2.